The van der Waals surface area contributed by atoms with Gasteiger partial charge in [-0.3, -0.25) is 4.79 Å². The minimum Gasteiger partial charge on any atom is -0.466 e. The van der Waals surface area contributed by atoms with Crippen LogP contribution in [0.1, 0.15) is 27.2 Å². The highest BCUT2D eigenvalue weighted by Crippen LogP contribution is 2.22. The largest absolute Gasteiger partial charge is 0.466 e. The number of carbonyl (C=O) groups is 2. The van der Waals surface area contributed by atoms with Gasteiger partial charge in [-0.05, 0) is 24.8 Å². The number of methoxy groups -OCH3 is 1. The number of carbonyl (C=O) groups excluding carboxylic acids is 2. The smallest absolute Gasteiger partial charge is 0.330 e. The first-order valence-electron chi connectivity index (χ1n) is 4.82. The minimum absolute atomic E-state index is 0.0303. The van der Waals surface area contributed by atoms with Crippen LogP contribution in [0.2, 0.25) is 0 Å². The van der Waals surface area contributed by atoms with E-state index in [9.17, 15) is 9.59 Å². The highest BCUT2D eigenvalue weighted by molar-refractivity contribution is 5.87. The average molecular weight is 210 g/mol. The molecule has 0 aromatic heterocycles. The van der Waals surface area contributed by atoms with Gasteiger partial charge in [0.1, 0.15) is 0 Å². The number of rotatable bonds is 5. The summed E-state index contributed by atoms with van der Waals surface area (Å²) in [7, 11) is 1.34. The van der Waals surface area contributed by atoms with Gasteiger partial charge < -0.3 is 4.74 Å². The zero-order chi connectivity index (χ0) is 11.9. The zero-order valence-electron chi connectivity index (χ0n) is 9.74. The molecule has 0 saturated carbocycles. The molecule has 0 bridgehead atoms. The molecule has 3 heteroatoms. The van der Waals surface area contributed by atoms with Crippen LogP contribution in [0.5, 0.6) is 0 Å². The molecule has 0 radical (unpaired) electrons. The molecule has 0 aromatic carbocycles. The lowest BCUT2D eigenvalue weighted by Crippen LogP contribution is -2.07. The van der Waals surface area contributed by atoms with Gasteiger partial charge in [-0.1, -0.05) is 26.0 Å². The molecule has 0 aliphatic carbocycles. The van der Waals surface area contributed by atoms with Crippen LogP contribution in [-0.4, -0.2) is 18.9 Å². The van der Waals surface area contributed by atoms with Crippen molar-refractivity contribution in [3.63, 3.8) is 0 Å². The molecular weight excluding hydrogens is 192 g/mol. The Balaban J connectivity index is 4.24. The first-order valence-corrected chi connectivity index (χ1v) is 4.82. The molecule has 15 heavy (non-hydrogen) atoms. The fourth-order valence-electron chi connectivity index (χ4n) is 0.958. The van der Waals surface area contributed by atoms with E-state index in [2.05, 4.69) is 4.74 Å². The molecule has 0 aliphatic heterocycles. The van der Waals surface area contributed by atoms with Crippen LogP contribution in [0, 0.1) is 5.41 Å². The van der Waals surface area contributed by atoms with Gasteiger partial charge in [-0.2, -0.15) is 0 Å². The zero-order valence-corrected chi connectivity index (χ0v) is 9.74. The Labute approximate surface area is 90.8 Å². The van der Waals surface area contributed by atoms with Gasteiger partial charge in [0.05, 0.1) is 7.11 Å². The van der Waals surface area contributed by atoms with Gasteiger partial charge in [0.2, 0.25) is 0 Å². The van der Waals surface area contributed by atoms with Gasteiger partial charge in [-0.25, -0.2) is 4.79 Å². The summed E-state index contributed by atoms with van der Waals surface area (Å²) >= 11 is 0. The number of hydrogen-bond donors (Lipinski definition) is 0. The fourth-order valence-corrected chi connectivity index (χ4v) is 0.958. The van der Waals surface area contributed by atoms with Crippen LogP contribution in [0.3, 0.4) is 0 Å². The third-order valence-corrected chi connectivity index (χ3v) is 1.87. The van der Waals surface area contributed by atoms with Crippen molar-refractivity contribution in [2.24, 2.45) is 5.41 Å². The molecular formula is C12H18O3. The van der Waals surface area contributed by atoms with E-state index in [1.165, 1.54) is 26.2 Å². The highest BCUT2D eigenvalue weighted by Gasteiger charge is 2.12. The van der Waals surface area contributed by atoms with Crippen LogP contribution in [0.4, 0.5) is 0 Å². The maximum Gasteiger partial charge on any atom is 0.330 e. The Morgan fingerprint density at radius 1 is 1.27 bits per heavy atom. The number of hydrogen-bond acceptors (Lipinski definition) is 3. The fraction of sp³-hybridized carbons (Fsp3) is 0.500. The van der Waals surface area contributed by atoms with Crippen LogP contribution in [0.15, 0.2) is 24.3 Å². The van der Waals surface area contributed by atoms with Crippen molar-refractivity contribution in [3.05, 3.63) is 24.3 Å². The SMILES string of the molecule is COC(=O)/C=C/C(C)(C)C/C=C/C(C)=O. The molecule has 0 N–H and O–H groups in total. The average Bonchev–Trinajstić information content (AvgIpc) is 2.13. The summed E-state index contributed by atoms with van der Waals surface area (Å²) in [5.41, 5.74) is -0.153. The molecule has 0 aromatic rings. The predicted octanol–water partition coefficient (Wildman–Crippen LogP) is 2.28. The van der Waals surface area contributed by atoms with Crippen LogP contribution >= 0.6 is 0 Å². The lowest BCUT2D eigenvalue weighted by atomic mass is 9.88. The van der Waals surface area contributed by atoms with E-state index in [0.717, 1.165) is 0 Å². The lowest BCUT2D eigenvalue weighted by molar-refractivity contribution is -0.134. The quantitative estimate of drug-likeness (QED) is 0.516. The second kappa shape index (κ2) is 6.17. The van der Waals surface area contributed by atoms with E-state index in [0.29, 0.717) is 6.42 Å². The van der Waals surface area contributed by atoms with Crippen molar-refractivity contribution in [3.8, 4) is 0 Å². The third kappa shape index (κ3) is 7.67. The number of ether oxygens (including phenoxy) is 1. The second-order valence-electron chi connectivity index (χ2n) is 4.06. The van der Waals surface area contributed by atoms with E-state index in [-0.39, 0.29) is 17.2 Å². The monoisotopic (exact) mass is 210 g/mol. The van der Waals surface area contributed by atoms with Gasteiger partial charge in [0, 0.05) is 6.08 Å². The molecule has 0 rings (SSSR count). The minimum atomic E-state index is -0.362. The first-order chi connectivity index (χ1) is 6.87. The standard InChI is InChI=1S/C12H18O3/c1-10(13)6-5-8-12(2,3)9-7-11(14)15-4/h5-7,9H,8H2,1-4H3/b6-5+,9-7+. The van der Waals surface area contributed by atoms with E-state index >= 15 is 0 Å². The van der Waals surface area contributed by atoms with Gasteiger partial charge in [0.25, 0.3) is 0 Å². The van der Waals surface area contributed by atoms with E-state index < -0.39 is 0 Å². The number of esters is 1. The lowest BCUT2D eigenvalue weighted by Gasteiger charge is -2.16. The number of allylic oxidation sites excluding steroid dienone is 3. The Kier molecular flexibility index (Phi) is 5.60. The van der Waals surface area contributed by atoms with E-state index in [1.807, 2.05) is 19.9 Å². The van der Waals surface area contributed by atoms with Crippen molar-refractivity contribution in [1.82, 2.24) is 0 Å². The molecule has 0 unspecified atom stereocenters. The maximum absolute atomic E-state index is 10.9. The Morgan fingerprint density at radius 3 is 2.33 bits per heavy atom. The number of ketones is 1. The molecule has 0 atom stereocenters. The van der Waals surface area contributed by atoms with Gasteiger partial charge >= 0.3 is 5.97 Å². The van der Waals surface area contributed by atoms with Gasteiger partial charge in [0.15, 0.2) is 5.78 Å². The van der Waals surface area contributed by atoms with E-state index in [1.54, 1.807) is 6.08 Å². The Hall–Kier alpha value is -1.38. The summed E-state index contributed by atoms with van der Waals surface area (Å²) in [6.07, 6.45) is 7.24. The summed E-state index contributed by atoms with van der Waals surface area (Å²) in [5, 5.41) is 0. The van der Waals surface area contributed by atoms with Gasteiger partial charge in [-0.15, -0.1) is 0 Å². The summed E-state index contributed by atoms with van der Waals surface area (Å²) in [5.74, 6) is -0.332. The summed E-state index contributed by atoms with van der Waals surface area (Å²) in [4.78, 5) is 21.5. The Bertz CT molecular complexity index is 285. The molecule has 0 amide bonds. The molecule has 84 valence electrons. The normalized spacial score (nSPS) is 12.3. The predicted molar refractivity (Wildman–Crippen MR) is 59.4 cm³/mol. The van der Waals surface area contributed by atoms with Crippen molar-refractivity contribution in [2.75, 3.05) is 7.11 Å². The first kappa shape index (κ1) is 13.6. The summed E-state index contributed by atoms with van der Waals surface area (Å²) in [6, 6.07) is 0. The Morgan fingerprint density at radius 2 is 1.87 bits per heavy atom. The van der Waals surface area contributed by atoms with Crippen LogP contribution < -0.4 is 0 Å². The van der Waals surface area contributed by atoms with Crippen LogP contribution in [0.25, 0.3) is 0 Å². The molecule has 0 fully saturated rings. The van der Waals surface area contributed by atoms with Crippen molar-refractivity contribution in [1.29, 1.82) is 0 Å². The van der Waals surface area contributed by atoms with Crippen LogP contribution in [-0.2, 0) is 14.3 Å². The molecule has 0 aliphatic rings. The third-order valence-electron chi connectivity index (χ3n) is 1.87. The molecule has 3 nitrogen and oxygen atoms in total. The summed E-state index contributed by atoms with van der Waals surface area (Å²) < 4.78 is 4.49. The summed E-state index contributed by atoms with van der Waals surface area (Å²) in [6.45, 7) is 5.47. The van der Waals surface area contributed by atoms with E-state index in [4.69, 9.17) is 0 Å². The second-order valence-corrected chi connectivity index (χ2v) is 4.06. The topological polar surface area (TPSA) is 43.4 Å². The highest BCUT2D eigenvalue weighted by atomic mass is 16.5. The van der Waals surface area contributed by atoms with Crippen molar-refractivity contribution in [2.45, 2.75) is 27.2 Å². The maximum atomic E-state index is 10.9. The van der Waals surface area contributed by atoms with Crippen molar-refractivity contribution >= 4 is 11.8 Å². The molecule has 0 spiro atoms. The molecule has 0 heterocycles. The van der Waals surface area contributed by atoms with Crippen molar-refractivity contribution < 1.29 is 14.3 Å². The molecule has 0 saturated heterocycles.